The molecule has 0 unspecified atom stereocenters. The summed E-state index contributed by atoms with van der Waals surface area (Å²) in [6.07, 6.45) is 5.56. The third-order valence-electron chi connectivity index (χ3n) is 6.14. The average molecular weight is 357 g/mol. The van der Waals surface area contributed by atoms with Crippen LogP contribution in [0, 0.1) is 5.92 Å². The molecule has 1 aliphatic carbocycles. The molecule has 0 radical (unpaired) electrons. The summed E-state index contributed by atoms with van der Waals surface area (Å²) in [5.41, 5.74) is 1.12. The molecule has 2 atom stereocenters. The van der Waals surface area contributed by atoms with Crippen LogP contribution in [-0.2, 0) is 9.53 Å². The first-order chi connectivity index (χ1) is 12.6. The van der Waals surface area contributed by atoms with Gasteiger partial charge in [0.15, 0.2) is 0 Å². The Kier molecular flexibility index (Phi) is 4.61. The SMILES string of the molecule is CO[C@H]1CCC[C@@H](C(=O)N2CCC3(CC2)NC(=O)c2ccccc2N3)C1. The number of rotatable bonds is 2. The van der Waals surface area contributed by atoms with Crippen molar-refractivity contribution in [3.63, 3.8) is 0 Å². The lowest BCUT2D eigenvalue weighted by atomic mass is 9.85. The van der Waals surface area contributed by atoms with E-state index >= 15 is 0 Å². The van der Waals surface area contributed by atoms with Crippen molar-refractivity contribution in [1.29, 1.82) is 0 Å². The van der Waals surface area contributed by atoms with Crippen LogP contribution in [0.2, 0.25) is 0 Å². The number of para-hydroxylation sites is 1. The maximum atomic E-state index is 12.9. The Bertz CT molecular complexity index is 697. The number of carbonyl (C=O) groups is 2. The van der Waals surface area contributed by atoms with Gasteiger partial charge in [-0.05, 0) is 31.4 Å². The predicted molar refractivity (Wildman–Crippen MR) is 98.8 cm³/mol. The van der Waals surface area contributed by atoms with Gasteiger partial charge in [0, 0.05) is 44.6 Å². The summed E-state index contributed by atoms with van der Waals surface area (Å²) in [5, 5.41) is 6.64. The minimum Gasteiger partial charge on any atom is -0.381 e. The zero-order chi connectivity index (χ0) is 18.1. The highest BCUT2D eigenvalue weighted by Gasteiger charge is 2.42. The van der Waals surface area contributed by atoms with Crippen LogP contribution in [0.1, 0.15) is 48.9 Å². The largest absolute Gasteiger partial charge is 0.381 e. The van der Waals surface area contributed by atoms with E-state index in [1.54, 1.807) is 7.11 Å². The third kappa shape index (κ3) is 3.18. The van der Waals surface area contributed by atoms with E-state index in [9.17, 15) is 9.59 Å². The zero-order valence-corrected chi connectivity index (χ0v) is 15.3. The van der Waals surface area contributed by atoms with Crippen LogP contribution in [0.5, 0.6) is 0 Å². The molecular formula is C20H27N3O3. The lowest BCUT2D eigenvalue weighted by molar-refractivity contribution is -0.139. The van der Waals surface area contributed by atoms with Crippen LogP contribution in [-0.4, -0.2) is 48.7 Å². The molecule has 1 aromatic carbocycles. The Morgan fingerprint density at radius 1 is 1.19 bits per heavy atom. The van der Waals surface area contributed by atoms with Crippen molar-refractivity contribution in [3.05, 3.63) is 29.8 Å². The first kappa shape index (κ1) is 17.3. The highest BCUT2D eigenvalue weighted by atomic mass is 16.5. The Morgan fingerprint density at radius 2 is 1.96 bits per heavy atom. The van der Waals surface area contributed by atoms with Gasteiger partial charge in [-0.25, -0.2) is 0 Å². The molecule has 2 N–H and O–H groups in total. The maximum Gasteiger partial charge on any atom is 0.255 e. The van der Waals surface area contributed by atoms with Crippen LogP contribution in [0.15, 0.2) is 24.3 Å². The Hall–Kier alpha value is -2.08. The van der Waals surface area contributed by atoms with E-state index in [0.717, 1.165) is 44.2 Å². The highest BCUT2D eigenvalue weighted by Crippen LogP contribution is 2.33. The van der Waals surface area contributed by atoms with Gasteiger partial charge in [0.1, 0.15) is 5.66 Å². The minimum atomic E-state index is -0.441. The molecule has 1 aromatic rings. The lowest BCUT2D eigenvalue weighted by Crippen LogP contribution is -2.63. The topological polar surface area (TPSA) is 70.7 Å². The number of hydrogen-bond acceptors (Lipinski definition) is 4. The number of likely N-dealkylation sites (tertiary alicyclic amines) is 1. The van der Waals surface area contributed by atoms with E-state index in [-0.39, 0.29) is 23.8 Å². The number of nitrogens with one attached hydrogen (secondary N) is 2. The summed E-state index contributed by atoms with van der Waals surface area (Å²) in [7, 11) is 1.73. The van der Waals surface area contributed by atoms with Crippen molar-refractivity contribution in [2.75, 3.05) is 25.5 Å². The number of piperidine rings is 1. The van der Waals surface area contributed by atoms with Crippen LogP contribution < -0.4 is 10.6 Å². The molecule has 2 heterocycles. The van der Waals surface area contributed by atoms with Crippen molar-refractivity contribution in [2.24, 2.45) is 5.92 Å². The molecule has 2 aliphatic heterocycles. The first-order valence-electron chi connectivity index (χ1n) is 9.61. The highest BCUT2D eigenvalue weighted by molar-refractivity contribution is 6.02. The molecule has 0 aromatic heterocycles. The fraction of sp³-hybridized carbons (Fsp3) is 0.600. The Balaban J connectivity index is 1.40. The summed E-state index contributed by atoms with van der Waals surface area (Å²) in [4.78, 5) is 27.3. The number of anilines is 1. The number of methoxy groups -OCH3 is 1. The van der Waals surface area contributed by atoms with E-state index in [1.165, 1.54) is 0 Å². The van der Waals surface area contributed by atoms with Crippen LogP contribution in [0.25, 0.3) is 0 Å². The van der Waals surface area contributed by atoms with Gasteiger partial charge in [-0.15, -0.1) is 0 Å². The van der Waals surface area contributed by atoms with Crippen molar-refractivity contribution < 1.29 is 14.3 Å². The summed E-state index contributed by atoms with van der Waals surface area (Å²) in [6.45, 7) is 1.34. The number of ether oxygens (including phenoxy) is 1. The predicted octanol–water partition coefficient (Wildman–Crippen LogP) is 2.37. The summed E-state index contributed by atoms with van der Waals surface area (Å²) in [6, 6.07) is 7.58. The van der Waals surface area contributed by atoms with Gasteiger partial charge in [-0.1, -0.05) is 18.6 Å². The molecule has 6 nitrogen and oxygen atoms in total. The van der Waals surface area contributed by atoms with E-state index in [2.05, 4.69) is 10.6 Å². The Labute approximate surface area is 154 Å². The Morgan fingerprint density at radius 3 is 2.73 bits per heavy atom. The summed E-state index contributed by atoms with van der Waals surface area (Å²) < 4.78 is 5.47. The number of nitrogens with zero attached hydrogens (tertiary/aromatic N) is 1. The molecule has 6 heteroatoms. The molecule has 3 aliphatic rings. The van der Waals surface area contributed by atoms with Gasteiger partial charge in [0.25, 0.3) is 5.91 Å². The summed E-state index contributed by atoms with van der Waals surface area (Å²) in [5.74, 6) is 0.302. The second-order valence-electron chi connectivity index (χ2n) is 7.75. The normalized spacial score (nSPS) is 27.4. The summed E-state index contributed by atoms with van der Waals surface area (Å²) >= 11 is 0. The molecule has 140 valence electrons. The molecule has 0 bridgehead atoms. The fourth-order valence-corrected chi connectivity index (χ4v) is 4.56. The molecule has 2 amide bonds. The molecular weight excluding hydrogens is 330 g/mol. The fourth-order valence-electron chi connectivity index (χ4n) is 4.56. The standard InChI is InChI=1S/C20H27N3O3/c1-26-15-6-4-5-14(13-15)19(25)23-11-9-20(10-12-23)21-17-8-3-2-7-16(17)18(24)22-20/h2-3,7-8,14-15,21H,4-6,9-13H2,1H3,(H,22,24)/t14-,15+/m1/s1. The van der Waals surface area contributed by atoms with Gasteiger partial charge >= 0.3 is 0 Å². The molecule has 1 saturated heterocycles. The second-order valence-corrected chi connectivity index (χ2v) is 7.75. The maximum absolute atomic E-state index is 12.9. The average Bonchev–Trinajstić information content (AvgIpc) is 2.68. The van der Waals surface area contributed by atoms with Crippen LogP contribution in [0.4, 0.5) is 5.69 Å². The second kappa shape index (κ2) is 6.91. The number of carbonyl (C=O) groups excluding carboxylic acids is 2. The minimum absolute atomic E-state index is 0.0330. The van der Waals surface area contributed by atoms with Crippen molar-refractivity contribution >= 4 is 17.5 Å². The zero-order valence-electron chi connectivity index (χ0n) is 15.3. The monoisotopic (exact) mass is 357 g/mol. The molecule has 4 rings (SSSR count). The third-order valence-corrected chi connectivity index (χ3v) is 6.14. The molecule has 1 spiro atoms. The number of amides is 2. The number of benzene rings is 1. The van der Waals surface area contributed by atoms with Gasteiger partial charge in [-0.3, -0.25) is 9.59 Å². The number of fused-ring (bicyclic) bond motifs is 1. The van der Waals surface area contributed by atoms with E-state index in [4.69, 9.17) is 4.74 Å². The van der Waals surface area contributed by atoms with Crippen LogP contribution in [0.3, 0.4) is 0 Å². The molecule has 1 saturated carbocycles. The van der Waals surface area contributed by atoms with Crippen LogP contribution >= 0.6 is 0 Å². The first-order valence-corrected chi connectivity index (χ1v) is 9.61. The number of hydrogen-bond donors (Lipinski definition) is 2. The van der Waals surface area contributed by atoms with Crippen molar-refractivity contribution in [1.82, 2.24) is 10.2 Å². The van der Waals surface area contributed by atoms with Crippen molar-refractivity contribution in [2.45, 2.75) is 50.3 Å². The van der Waals surface area contributed by atoms with E-state index in [0.29, 0.717) is 18.7 Å². The van der Waals surface area contributed by atoms with E-state index < -0.39 is 5.66 Å². The molecule has 26 heavy (non-hydrogen) atoms. The van der Waals surface area contributed by atoms with Gasteiger partial charge < -0.3 is 20.3 Å². The lowest BCUT2D eigenvalue weighted by Gasteiger charge is -2.46. The quantitative estimate of drug-likeness (QED) is 0.852. The van der Waals surface area contributed by atoms with Crippen molar-refractivity contribution in [3.8, 4) is 0 Å². The smallest absolute Gasteiger partial charge is 0.255 e. The van der Waals surface area contributed by atoms with E-state index in [1.807, 2.05) is 29.2 Å². The van der Waals surface area contributed by atoms with Gasteiger partial charge in [0.05, 0.1) is 11.7 Å². The van der Waals surface area contributed by atoms with Gasteiger partial charge in [0.2, 0.25) is 5.91 Å². The molecule has 2 fully saturated rings. The van der Waals surface area contributed by atoms with Gasteiger partial charge in [-0.2, -0.15) is 0 Å².